The van der Waals surface area contributed by atoms with Crippen LogP contribution < -0.4 is 15.4 Å². The van der Waals surface area contributed by atoms with Crippen LogP contribution in [0.3, 0.4) is 0 Å². The molecule has 0 saturated carbocycles. The van der Waals surface area contributed by atoms with Crippen molar-refractivity contribution in [3.63, 3.8) is 0 Å². The Morgan fingerprint density at radius 1 is 1.36 bits per heavy atom. The molecule has 0 bridgehead atoms. The SMILES string of the molecule is CCNC(=NCC(c1ccccc1OC)N(C)C)NCC1CCCO1. The Morgan fingerprint density at radius 2 is 2.16 bits per heavy atom. The molecule has 0 amide bonds. The molecule has 1 saturated heterocycles. The van der Waals surface area contributed by atoms with Gasteiger partial charge < -0.3 is 25.0 Å². The van der Waals surface area contributed by atoms with Crippen LogP contribution in [0.15, 0.2) is 29.3 Å². The summed E-state index contributed by atoms with van der Waals surface area (Å²) in [5.74, 6) is 1.73. The fourth-order valence-electron chi connectivity index (χ4n) is 3.02. The Bertz CT molecular complexity index is 542. The minimum absolute atomic E-state index is 0.148. The van der Waals surface area contributed by atoms with Gasteiger partial charge in [-0.05, 0) is 39.9 Å². The molecule has 1 heterocycles. The van der Waals surface area contributed by atoms with Gasteiger partial charge in [0.25, 0.3) is 0 Å². The second-order valence-electron chi connectivity index (χ2n) is 6.46. The van der Waals surface area contributed by atoms with E-state index in [0.717, 1.165) is 49.8 Å². The zero-order valence-electron chi connectivity index (χ0n) is 15.9. The van der Waals surface area contributed by atoms with Crippen LogP contribution in [0.5, 0.6) is 5.75 Å². The number of likely N-dealkylation sites (N-methyl/N-ethyl adjacent to an activating group) is 1. The highest BCUT2D eigenvalue weighted by molar-refractivity contribution is 5.79. The smallest absolute Gasteiger partial charge is 0.191 e. The average molecular weight is 348 g/mol. The normalized spacial score (nSPS) is 19.1. The highest BCUT2D eigenvalue weighted by Crippen LogP contribution is 2.28. The van der Waals surface area contributed by atoms with E-state index in [9.17, 15) is 0 Å². The zero-order chi connectivity index (χ0) is 18.1. The Balaban J connectivity index is 2.05. The van der Waals surface area contributed by atoms with Gasteiger partial charge in [0, 0.05) is 25.3 Å². The largest absolute Gasteiger partial charge is 0.496 e. The van der Waals surface area contributed by atoms with Crippen LogP contribution in [0.4, 0.5) is 0 Å². The summed E-state index contributed by atoms with van der Waals surface area (Å²) in [4.78, 5) is 6.96. The van der Waals surface area contributed by atoms with Gasteiger partial charge in [-0.3, -0.25) is 4.99 Å². The summed E-state index contributed by atoms with van der Waals surface area (Å²) in [6, 6.07) is 8.28. The van der Waals surface area contributed by atoms with E-state index in [4.69, 9.17) is 14.5 Å². The van der Waals surface area contributed by atoms with E-state index in [-0.39, 0.29) is 6.04 Å². The van der Waals surface area contributed by atoms with Crippen molar-refractivity contribution in [3.8, 4) is 5.75 Å². The molecule has 0 spiro atoms. The molecule has 1 aromatic rings. The Kier molecular flexibility index (Phi) is 8.01. The molecule has 140 valence electrons. The Labute approximate surface area is 151 Å². The van der Waals surface area contributed by atoms with Crippen LogP contribution in [0, 0.1) is 0 Å². The number of hydrogen-bond donors (Lipinski definition) is 2. The van der Waals surface area contributed by atoms with Gasteiger partial charge in [-0.15, -0.1) is 0 Å². The third kappa shape index (κ3) is 5.90. The van der Waals surface area contributed by atoms with Crippen molar-refractivity contribution in [1.29, 1.82) is 0 Å². The first kappa shape index (κ1) is 19.5. The molecule has 1 aromatic carbocycles. The van der Waals surface area contributed by atoms with Crippen LogP contribution >= 0.6 is 0 Å². The van der Waals surface area contributed by atoms with Gasteiger partial charge in [-0.2, -0.15) is 0 Å². The number of ether oxygens (including phenoxy) is 2. The Morgan fingerprint density at radius 3 is 2.80 bits per heavy atom. The van der Waals surface area contributed by atoms with Crippen molar-refractivity contribution < 1.29 is 9.47 Å². The lowest BCUT2D eigenvalue weighted by atomic mass is 10.0. The van der Waals surface area contributed by atoms with E-state index in [0.29, 0.717) is 12.6 Å². The van der Waals surface area contributed by atoms with E-state index in [1.165, 1.54) is 0 Å². The molecule has 0 aromatic heterocycles. The number of rotatable bonds is 8. The van der Waals surface area contributed by atoms with Crippen molar-refractivity contribution in [2.45, 2.75) is 31.9 Å². The van der Waals surface area contributed by atoms with Crippen LogP contribution in [0.25, 0.3) is 0 Å². The van der Waals surface area contributed by atoms with E-state index >= 15 is 0 Å². The average Bonchev–Trinajstić information content (AvgIpc) is 3.13. The first-order valence-corrected chi connectivity index (χ1v) is 9.08. The van der Waals surface area contributed by atoms with Gasteiger partial charge >= 0.3 is 0 Å². The fourth-order valence-corrected chi connectivity index (χ4v) is 3.02. The highest BCUT2D eigenvalue weighted by atomic mass is 16.5. The molecule has 2 N–H and O–H groups in total. The standard InChI is InChI=1S/C19H32N4O2/c1-5-20-19(21-13-15-9-8-12-25-15)22-14-17(23(2)3)16-10-6-7-11-18(16)24-4/h6-7,10-11,15,17H,5,8-9,12-14H2,1-4H3,(H2,20,21,22). The molecule has 0 radical (unpaired) electrons. The van der Waals surface area contributed by atoms with E-state index in [1.807, 2.05) is 18.2 Å². The highest BCUT2D eigenvalue weighted by Gasteiger charge is 2.19. The number of hydrogen-bond acceptors (Lipinski definition) is 4. The fraction of sp³-hybridized carbons (Fsp3) is 0.632. The molecular weight excluding hydrogens is 316 g/mol. The monoisotopic (exact) mass is 348 g/mol. The zero-order valence-corrected chi connectivity index (χ0v) is 15.9. The summed E-state index contributed by atoms with van der Waals surface area (Å²) < 4.78 is 11.2. The van der Waals surface area contributed by atoms with Gasteiger partial charge in [-0.1, -0.05) is 18.2 Å². The van der Waals surface area contributed by atoms with Crippen LogP contribution in [-0.4, -0.2) is 64.4 Å². The molecule has 2 atom stereocenters. The van der Waals surface area contributed by atoms with Crippen molar-refractivity contribution in [3.05, 3.63) is 29.8 Å². The van der Waals surface area contributed by atoms with E-state index in [2.05, 4.69) is 42.6 Å². The molecule has 2 unspecified atom stereocenters. The van der Waals surface area contributed by atoms with Gasteiger partial charge in [-0.25, -0.2) is 0 Å². The van der Waals surface area contributed by atoms with Gasteiger partial charge in [0.05, 0.1) is 25.8 Å². The Hall–Kier alpha value is -1.79. The number of nitrogens with one attached hydrogen (secondary N) is 2. The molecule has 1 aliphatic heterocycles. The second kappa shape index (κ2) is 10.3. The summed E-state index contributed by atoms with van der Waals surface area (Å²) in [6.45, 7) is 5.23. The van der Waals surface area contributed by atoms with E-state index in [1.54, 1.807) is 7.11 Å². The van der Waals surface area contributed by atoms with Crippen LogP contribution in [0.1, 0.15) is 31.4 Å². The van der Waals surface area contributed by atoms with Gasteiger partial charge in [0.1, 0.15) is 5.75 Å². The number of para-hydroxylation sites is 1. The minimum atomic E-state index is 0.148. The maximum Gasteiger partial charge on any atom is 0.191 e. The number of methoxy groups -OCH3 is 1. The lowest BCUT2D eigenvalue weighted by molar-refractivity contribution is 0.114. The minimum Gasteiger partial charge on any atom is -0.496 e. The predicted molar refractivity (Wildman–Crippen MR) is 102 cm³/mol. The van der Waals surface area contributed by atoms with E-state index < -0.39 is 0 Å². The third-order valence-corrected chi connectivity index (χ3v) is 4.41. The van der Waals surface area contributed by atoms with Crippen molar-refractivity contribution >= 4 is 5.96 Å². The molecule has 2 rings (SSSR count). The third-order valence-electron chi connectivity index (χ3n) is 4.41. The summed E-state index contributed by atoms with van der Waals surface area (Å²) >= 11 is 0. The number of nitrogens with zero attached hydrogens (tertiary/aromatic N) is 2. The summed E-state index contributed by atoms with van der Waals surface area (Å²) in [5, 5.41) is 6.72. The van der Waals surface area contributed by atoms with Crippen molar-refractivity contribution in [2.24, 2.45) is 4.99 Å². The quantitative estimate of drug-likeness (QED) is 0.556. The topological polar surface area (TPSA) is 58.1 Å². The summed E-state index contributed by atoms with van der Waals surface area (Å²) in [5.41, 5.74) is 1.15. The summed E-state index contributed by atoms with van der Waals surface area (Å²) in [7, 11) is 5.85. The molecular formula is C19H32N4O2. The molecule has 6 nitrogen and oxygen atoms in total. The second-order valence-corrected chi connectivity index (χ2v) is 6.46. The van der Waals surface area contributed by atoms with Crippen LogP contribution in [0.2, 0.25) is 0 Å². The first-order chi connectivity index (χ1) is 12.2. The molecule has 0 aliphatic carbocycles. The maximum absolute atomic E-state index is 5.67. The lowest BCUT2D eigenvalue weighted by Gasteiger charge is -2.25. The van der Waals surface area contributed by atoms with Gasteiger partial charge in [0.15, 0.2) is 5.96 Å². The predicted octanol–water partition coefficient (Wildman–Crippen LogP) is 2.03. The molecule has 1 aliphatic rings. The molecule has 6 heteroatoms. The first-order valence-electron chi connectivity index (χ1n) is 9.08. The maximum atomic E-state index is 5.67. The van der Waals surface area contributed by atoms with Crippen molar-refractivity contribution in [2.75, 3.05) is 47.4 Å². The van der Waals surface area contributed by atoms with Gasteiger partial charge in [0.2, 0.25) is 0 Å². The van der Waals surface area contributed by atoms with Crippen LogP contribution in [-0.2, 0) is 4.74 Å². The lowest BCUT2D eigenvalue weighted by Crippen LogP contribution is -2.41. The summed E-state index contributed by atoms with van der Waals surface area (Å²) in [6.07, 6.45) is 2.56. The molecule has 25 heavy (non-hydrogen) atoms. The number of benzene rings is 1. The van der Waals surface area contributed by atoms with Crippen molar-refractivity contribution in [1.82, 2.24) is 15.5 Å². The molecule has 1 fully saturated rings. The number of guanidine groups is 1. The number of aliphatic imine (C=N–C) groups is 1.